The van der Waals surface area contributed by atoms with Crippen molar-refractivity contribution in [3.63, 3.8) is 0 Å². The summed E-state index contributed by atoms with van der Waals surface area (Å²) in [7, 11) is 1.80. The Morgan fingerprint density at radius 3 is 2.29 bits per heavy atom. The molecule has 7 nitrogen and oxygen atoms in total. The summed E-state index contributed by atoms with van der Waals surface area (Å²) in [6.07, 6.45) is 0. The zero-order chi connectivity index (χ0) is 21.2. The minimum Gasteiger partial charge on any atom is -0.379 e. The van der Waals surface area contributed by atoms with Crippen LogP contribution in [0.4, 0.5) is 4.39 Å². The average Bonchev–Trinajstić information content (AvgIpc) is 2.80. The summed E-state index contributed by atoms with van der Waals surface area (Å²) < 4.78 is 18.9. The maximum Gasteiger partial charge on any atom is 0.191 e. The monoisotopic (exact) mass is 548 g/mol. The Hall–Kier alpha value is -1.01. The molecule has 1 unspecified atom stereocenters. The number of likely N-dealkylation sites (N-methyl/N-ethyl adjacent to an activating group) is 1. The Bertz CT molecular complexity index is 648. The van der Waals surface area contributed by atoms with Gasteiger partial charge in [0.1, 0.15) is 5.82 Å². The molecule has 1 aromatic rings. The summed E-state index contributed by atoms with van der Waals surface area (Å²) in [5.41, 5.74) is 1.11. The SMILES string of the molecule is CCN1CCN(CCNC(=NC)NCC(c2ccc(F)cc2)N2CCOCC2)CC1.I. The van der Waals surface area contributed by atoms with Crippen molar-refractivity contribution in [2.24, 2.45) is 4.99 Å². The number of nitrogens with one attached hydrogen (secondary N) is 2. The van der Waals surface area contributed by atoms with Crippen LogP contribution in [0, 0.1) is 5.82 Å². The zero-order valence-electron chi connectivity index (χ0n) is 18.9. The number of benzene rings is 1. The van der Waals surface area contributed by atoms with Gasteiger partial charge in [0, 0.05) is 66.0 Å². The molecule has 0 spiro atoms. The second-order valence-corrected chi connectivity index (χ2v) is 7.87. The predicted molar refractivity (Wildman–Crippen MR) is 135 cm³/mol. The van der Waals surface area contributed by atoms with E-state index in [1.807, 2.05) is 12.1 Å². The molecular weight excluding hydrogens is 510 g/mol. The van der Waals surface area contributed by atoms with E-state index in [4.69, 9.17) is 4.74 Å². The fraction of sp³-hybridized carbons (Fsp3) is 0.682. The van der Waals surface area contributed by atoms with Crippen LogP contribution in [0.5, 0.6) is 0 Å². The third-order valence-corrected chi connectivity index (χ3v) is 6.06. The molecule has 0 amide bonds. The van der Waals surface area contributed by atoms with Crippen molar-refractivity contribution < 1.29 is 9.13 Å². The molecule has 1 aromatic carbocycles. The van der Waals surface area contributed by atoms with Crippen LogP contribution >= 0.6 is 24.0 Å². The Morgan fingerprint density at radius 2 is 1.68 bits per heavy atom. The van der Waals surface area contributed by atoms with E-state index >= 15 is 0 Å². The van der Waals surface area contributed by atoms with Gasteiger partial charge in [0.2, 0.25) is 0 Å². The maximum absolute atomic E-state index is 13.4. The fourth-order valence-corrected chi connectivity index (χ4v) is 4.11. The lowest BCUT2D eigenvalue weighted by Gasteiger charge is -2.35. The van der Waals surface area contributed by atoms with Crippen molar-refractivity contribution in [3.8, 4) is 0 Å². The highest BCUT2D eigenvalue weighted by Gasteiger charge is 2.23. The van der Waals surface area contributed by atoms with Gasteiger partial charge in [0.25, 0.3) is 0 Å². The standard InChI is InChI=1S/C22H37FN6O.HI/c1-3-27-10-12-28(13-11-27)9-8-25-22(24-2)26-18-21(29-14-16-30-17-15-29)19-4-6-20(23)7-5-19;/h4-7,21H,3,8-18H2,1-2H3,(H2,24,25,26);1H. The largest absolute Gasteiger partial charge is 0.379 e. The van der Waals surface area contributed by atoms with Gasteiger partial charge in [0.05, 0.1) is 19.3 Å². The van der Waals surface area contributed by atoms with E-state index in [-0.39, 0.29) is 35.8 Å². The quantitative estimate of drug-likeness (QED) is 0.293. The molecular formula is C22H38FIN6O. The number of hydrogen-bond acceptors (Lipinski definition) is 5. The molecule has 0 aromatic heterocycles. The van der Waals surface area contributed by atoms with Gasteiger partial charge >= 0.3 is 0 Å². The van der Waals surface area contributed by atoms with Crippen LogP contribution < -0.4 is 10.6 Å². The number of nitrogens with zero attached hydrogens (tertiary/aromatic N) is 4. The fourth-order valence-electron chi connectivity index (χ4n) is 4.11. The molecule has 2 aliphatic heterocycles. The highest BCUT2D eigenvalue weighted by molar-refractivity contribution is 14.0. The first-order valence-electron chi connectivity index (χ1n) is 11.2. The van der Waals surface area contributed by atoms with Crippen LogP contribution in [-0.4, -0.2) is 106 Å². The third-order valence-electron chi connectivity index (χ3n) is 6.06. The molecule has 9 heteroatoms. The molecule has 2 aliphatic rings. The van der Waals surface area contributed by atoms with Crippen molar-refractivity contribution in [2.75, 3.05) is 85.7 Å². The van der Waals surface area contributed by atoms with Gasteiger partial charge in [-0.05, 0) is 24.2 Å². The molecule has 0 radical (unpaired) electrons. The Kier molecular flexibility index (Phi) is 12.0. The van der Waals surface area contributed by atoms with E-state index in [0.717, 1.165) is 83.6 Å². The van der Waals surface area contributed by atoms with Crippen LogP contribution in [0.2, 0.25) is 0 Å². The van der Waals surface area contributed by atoms with E-state index in [2.05, 4.69) is 37.2 Å². The molecule has 3 rings (SSSR count). The summed E-state index contributed by atoms with van der Waals surface area (Å²) in [6, 6.07) is 6.98. The van der Waals surface area contributed by atoms with Crippen molar-refractivity contribution in [3.05, 3.63) is 35.6 Å². The summed E-state index contributed by atoms with van der Waals surface area (Å²) in [5.74, 6) is 0.604. The third kappa shape index (κ3) is 8.45. The van der Waals surface area contributed by atoms with Crippen molar-refractivity contribution in [1.82, 2.24) is 25.3 Å². The van der Waals surface area contributed by atoms with Gasteiger partial charge in [-0.25, -0.2) is 4.39 Å². The van der Waals surface area contributed by atoms with Crippen LogP contribution in [-0.2, 0) is 4.74 Å². The Morgan fingerprint density at radius 1 is 1.03 bits per heavy atom. The van der Waals surface area contributed by atoms with E-state index in [9.17, 15) is 4.39 Å². The van der Waals surface area contributed by atoms with Crippen molar-refractivity contribution in [2.45, 2.75) is 13.0 Å². The van der Waals surface area contributed by atoms with Crippen molar-refractivity contribution in [1.29, 1.82) is 0 Å². The van der Waals surface area contributed by atoms with Crippen molar-refractivity contribution >= 4 is 29.9 Å². The van der Waals surface area contributed by atoms with Crippen LogP contribution in [0.15, 0.2) is 29.3 Å². The molecule has 2 N–H and O–H groups in total. The predicted octanol–water partition coefficient (Wildman–Crippen LogP) is 1.62. The molecule has 1 atom stereocenters. The molecule has 2 heterocycles. The number of aliphatic imine (C=N–C) groups is 1. The van der Waals surface area contributed by atoms with Gasteiger partial charge in [-0.3, -0.25) is 14.8 Å². The van der Waals surface area contributed by atoms with E-state index in [1.165, 1.54) is 12.1 Å². The molecule has 2 fully saturated rings. The summed E-state index contributed by atoms with van der Waals surface area (Å²) in [6.45, 7) is 13.7. The molecule has 176 valence electrons. The Balaban J connectivity index is 0.00000341. The van der Waals surface area contributed by atoms with E-state index in [1.54, 1.807) is 7.05 Å². The number of hydrogen-bond donors (Lipinski definition) is 2. The van der Waals surface area contributed by atoms with Gasteiger partial charge < -0.3 is 20.3 Å². The number of halogens is 2. The molecule has 0 bridgehead atoms. The molecule has 0 aliphatic carbocycles. The maximum atomic E-state index is 13.4. The second kappa shape index (κ2) is 14.2. The summed E-state index contributed by atoms with van der Waals surface area (Å²) in [4.78, 5) is 11.8. The molecule has 31 heavy (non-hydrogen) atoms. The first kappa shape index (κ1) is 26.2. The van der Waals surface area contributed by atoms with Gasteiger partial charge in [0.15, 0.2) is 5.96 Å². The lowest BCUT2D eigenvalue weighted by Crippen LogP contribution is -2.50. The number of piperazine rings is 1. The zero-order valence-corrected chi connectivity index (χ0v) is 21.2. The topological polar surface area (TPSA) is 55.4 Å². The first-order valence-corrected chi connectivity index (χ1v) is 11.2. The number of ether oxygens (including phenoxy) is 1. The van der Waals surface area contributed by atoms with Crippen LogP contribution in [0.1, 0.15) is 18.5 Å². The smallest absolute Gasteiger partial charge is 0.191 e. The summed E-state index contributed by atoms with van der Waals surface area (Å²) >= 11 is 0. The molecule has 0 saturated carbocycles. The minimum atomic E-state index is -0.204. The lowest BCUT2D eigenvalue weighted by atomic mass is 10.0. The van der Waals surface area contributed by atoms with Gasteiger partial charge in [-0.2, -0.15) is 0 Å². The highest BCUT2D eigenvalue weighted by Crippen LogP contribution is 2.21. The van der Waals surface area contributed by atoms with Crippen LogP contribution in [0.25, 0.3) is 0 Å². The van der Waals surface area contributed by atoms with E-state index in [0.29, 0.717) is 6.54 Å². The second-order valence-electron chi connectivity index (χ2n) is 7.87. The number of guanidine groups is 1. The lowest BCUT2D eigenvalue weighted by molar-refractivity contribution is 0.0170. The number of morpholine rings is 1. The molecule has 2 saturated heterocycles. The highest BCUT2D eigenvalue weighted by atomic mass is 127. The Labute approximate surface area is 203 Å². The van der Waals surface area contributed by atoms with Gasteiger partial charge in [-0.15, -0.1) is 24.0 Å². The first-order chi connectivity index (χ1) is 14.7. The average molecular weight is 548 g/mol. The van der Waals surface area contributed by atoms with Crippen LogP contribution in [0.3, 0.4) is 0 Å². The normalized spacial score (nSPS) is 20.2. The van der Waals surface area contributed by atoms with Gasteiger partial charge in [-0.1, -0.05) is 19.1 Å². The number of rotatable bonds is 8. The summed E-state index contributed by atoms with van der Waals surface area (Å²) in [5, 5.41) is 6.91. The van der Waals surface area contributed by atoms with E-state index < -0.39 is 0 Å². The minimum absolute atomic E-state index is 0.